The standard InChI is InChI=1S/C19H21N3O3/c1-20(19(23)15-8-10-17(11-9-15)22(24)25)14-16-6-2-3-7-18(16)21-12-4-5-13-21/h2-3,6-11H,4-5,12-14H2,1H3. The van der Waals surface area contributed by atoms with Crippen LogP contribution in [0, 0.1) is 10.1 Å². The molecule has 2 aromatic rings. The summed E-state index contributed by atoms with van der Waals surface area (Å²) >= 11 is 0. The van der Waals surface area contributed by atoms with Gasteiger partial charge in [-0.2, -0.15) is 0 Å². The molecule has 1 saturated heterocycles. The summed E-state index contributed by atoms with van der Waals surface area (Å²) in [6.07, 6.45) is 2.40. The van der Waals surface area contributed by atoms with Crippen molar-refractivity contribution in [1.29, 1.82) is 0 Å². The molecule has 0 bridgehead atoms. The molecule has 130 valence electrons. The summed E-state index contributed by atoms with van der Waals surface area (Å²) in [4.78, 5) is 26.9. The van der Waals surface area contributed by atoms with Crippen LogP contribution in [-0.2, 0) is 6.54 Å². The van der Waals surface area contributed by atoms with Gasteiger partial charge < -0.3 is 9.80 Å². The molecule has 0 aliphatic carbocycles. The van der Waals surface area contributed by atoms with E-state index in [1.807, 2.05) is 18.2 Å². The smallest absolute Gasteiger partial charge is 0.269 e. The molecule has 1 aliphatic rings. The van der Waals surface area contributed by atoms with E-state index in [2.05, 4.69) is 11.0 Å². The van der Waals surface area contributed by atoms with E-state index in [0.29, 0.717) is 12.1 Å². The number of benzene rings is 2. The highest BCUT2D eigenvalue weighted by Crippen LogP contribution is 2.25. The van der Waals surface area contributed by atoms with Crippen LogP contribution in [0.4, 0.5) is 11.4 Å². The van der Waals surface area contributed by atoms with Gasteiger partial charge in [-0.15, -0.1) is 0 Å². The number of carbonyl (C=O) groups is 1. The molecule has 0 atom stereocenters. The normalized spacial score (nSPS) is 13.7. The maximum atomic E-state index is 12.6. The largest absolute Gasteiger partial charge is 0.371 e. The molecule has 0 unspecified atom stereocenters. The van der Waals surface area contributed by atoms with Crippen LogP contribution >= 0.6 is 0 Å². The zero-order chi connectivity index (χ0) is 17.8. The highest BCUT2D eigenvalue weighted by Gasteiger charge is 2.18. The Kier molecular flexibility index (Phi) is 4.97. The van der Waals surface area contributed by atoms with Crippen molar-refractivity contribution in [3.8, 4) is 0 Å². The highest BCUT2D eigenvalue weighted by atomic mass is 16.6. The van der Waals surface area contributed by atoms with Crippen LogP contribution in [0.3, 0.4) is 0 Å². The molecular formula is C19H21N3O3. The summed E-state index contributed by atoms with van der Waals surface area (Å²) in [6, 6.07) is 13.9. The summed E-state index contributed by atoms with van der Waals surface area (Å²) in [6.45, 7) is 2.61. The van der Waals surface area contributed by atoms with Crippen molar-refractivity contribution in [2.45, 2.75) is 19.4 Å². The second-order valence-corrected chi connectivity index (χ2v) is 6.29. The second kappa shape index (κ2) is 7.34. The molecular weight excluding hydrogens is 318 g/mol. The SMILES string of the molecule is CN(Cc1ccccc1N1CCCC1)C(=O)c1ccc([N+](=O)[O-])cc1. The van der Waals surface area contributed by atoms with Crippen LogP contribution < -0.4 is 4.90 Å². The molecule has 2 aromatic carbocycles. The minimum Gasteiger partial charge on any atom is -0.371 e. The fourth-order valence-corrected chi connectivity index (χ4v) is 3.18. The number of hydrogen-bond donors (Lipinski definition) is 0. The number of nitro groups is 1. The first kappa shape index (κ1) is 17.0. The van der Waals surface area contributed by atoms with Gasteiger partial charge in [0.05, 0.1) is 4.92 Å². The number of rotatable bonds is 5. The topological polar surface area (TPSA) is 66.7 Å². The van der Waals surface area contributed by atoms with Crippen LogP contribution in [0.2, 0.25) is 0 Å². The molecule has 0 aromatic heterocycles. The Bertz CT molecular complexity index is 768. The molecule has 0 saturated carbocycles. The van der Waals surface area contributed by atoms with Gasteiger partial charge in [-0.1, -0.05) is 18.2 Å². The van der Waals surface area contributed by atoms with Gasteiger partial charge in [0.1, 0.15) is 0 Å². The van der Waals surface area contributed by atoms with Crippen LogP contribution in [0.5, 0.6) is 0 Å². The van der Waals surface area contributed by atoms with Crippen LogP contribution in [0.25, 0.3) is 0 Å². The summed E-state index contributed by atoms with van der Waals surface area (Å²) in [5.74, 6) is -0.147. The Labute approximate surface area is 146 Å². The molecule has 6 heteroatoms. The number of hydrogen-bond acceptors (Lipinski definition) is 4. The average molecular weight is 339 g/mol. The lowest BCUT2D eigenvalue weighted by atomic mass is 10.1. The lowest BCUT2D eigenvalue weighted by Gasteiger charge is -2.24. The van der Waals surface area contributed by atoms with Gasteiger partial charge in [0.2, 0.25) is 0 Å². The van der Waals surface area contributed by atoms with Gasteiger partial charge in [0, 0.05) is 50.1 Å². The Balaban J connectivity index is 1.74. The second-order valence-electron chi connectivity index (χ2n) is 6.29. The van der Waals surface area contributed by atoms with Crippen LogP contribution in [0.15, 0.2) is 48.5 Å². The Morgan fingerprint density at radius 2 is 1.76 bits per heavy atom. The van der Waals surface area contributed by atoms with Crippen molar-refractivity contribution >= 4 is 17.3 Å². The van der Waals surface area contributed by atoms with Gasteiger partial charge in [-0.3, -0.25) is 14.9 Å². The zero-order valence-corrected chi connectivity index (χ0v) is 14.2. The van der Waals surface area contributed by atoms with Gasteiger partial charge in [-0.25, -0.2) is 0 Å². The first-order chi connectivity index (χ1) is 12.1. The van der Waals surface area contributed by atoms with Gasteiger partial charge in [0.25, 0.3) is 11.6 Å². The number of carbonyl (C=O) groups excluding carboxylic acids is 1. The van der Waals surface area contributed by atoms with Crippen molar-refractivity contribution < 1.29 is 9.72 Å². The van der Waals surface area contributed by atoms with Gasteiger partial charge >= 0.3 is 0 Å². The first-order valence-electron chi connectivity index (χ1n) is 8.39. The Morgan fingerprint density at radius 3 is 2.40 bits per heavy atom. The van der Waals surface area contributed by atoms with E-state index in [1.165, 1.54) is 42.8 Å². The number of nitrogens with zero attached hydrogens (tertiary/aromatic N) is 3. The van der Waals surface area contributed by atoms with E-state index in [9.17, 15) is 14.9 Å². The molecule has 0 spiro atoms. The first-order valence-corrected chi connectivity index (χ1v) is 8.39. The molecule has 25 heavy (non-hydrogen) atoms. The Morgan fingerprint density at radius 1 is 1.12 bits per heavy atom. The summed E-state index contributed by atoms with van der Waals surface area (Å²) in [5, 5.41) is 10.7. The molecule has 1 fully saturated rings. The fourth-order valence-electron chi connectivity index (χ4n) is 3.18. The minimum atomic E-state index is -0.468. The summed E-state index contributed by atoms with van der Waals surface area (Å²) in [5.41, 5.74) is 2.73. The van der Waals surface area contributed by atoms with Gasteiger partial charge in [0.15, 0.2) is 0 Å². The monoisotopic (exact) mass is 339 g/mol. The minimum absolute atomic E-state index is 0.0152. The third-order valence-corrected chi connectivity index (χ3v) is 4.52. The van der Waals surface area contributed by atoms with Crippen molar-refractivity contribution in [2.75, 3.05) is 25.0 Å². The quantitative estimate of drug-likeness (QED) is 0.618. The van der Waals surface area contributed by atoms with E-state index >= 15 is 0 Å². The van der Waals surface area contributed by atoms with Crippen LogP contribution in [-0.4, -0.2) is 35.9 Å². The van der Waals surface area contributed by atoms with E-state index in [4.69, 9.17) is 0 Å². The molecule has 1 amide bonds. The van der Waals surface area contributed by atoms with Gasteiger partial charge in [-0.05, 0) is 36.6 Å². The zero-order valence-electron chi connectivity index (χ0n) is 14.2. The highest BCUT2D eigenvalue weighted by molar-refractivity contribution is 5.94. The van der Waals surface area contributed by atoms with E-state index in [-0.39, 0.29) is 11.6 Å². The molecule has 3 rings (SSSR count). The summed E-state index contributed by atoms with van der Waals surface area (Å²) in [7, 11) is 1.75. The fraction of sp³-hybridized carbons (Fsp3) is 0.316. The predicted molar refractivity (Wildman–Crippen MR) is 96.8 cm³/mol. The maximum absolute atomic E-state index is 12.6. The van der Waals surface area contributed by atoms with Crippen molar-refractivity contribution in [1.82, 2.24) is 4.90 Å². The average Bonchev–Trinajstić information content (AvgIpc) is 3.16. The molecule has 0 N–H and O–H groups in total. The number of amides is 1. The lowest BCUT2D eigenvalue weighted by Crippen LogP contribution is -2.28. The molecule has 1 heterocycles. The number of anilines is 1. The maximum Gasteiger partial charge on any atom is 0.269 e. The van der Waals surface area contributed by atoms with Crippen molar-refractivity contribution in [3.63, 3.8) is 0 Å². The van der Waals surface area contributed by atoms with Crippen molar-refractivity contribution in [3.05, 3.63) is 69.8 Å². The Hall–Kier alpha value is -2.89. The molecule has 6 nitrogen and oxygen atoms in total. The van der Waals surface area contributed by atoms with E-state index < -0.39 is 4.92 Å². The third kappa shape index (κ3) is 3.79. The van der Waals surface area contributed by atoms with E-state index in [1.54, 1.807) is 11.9 Å². The number of nitro benzene ring substituents is 1. The van der Waals surface area contributed by atoms with E-state index in [0.717, 1.165) is 18.7 Å². The lowest BCUT2D eigenvalue weighted by molar-refractivity contribution is -0.384. The molecule has 1 aliphatic heterocycles. The molecule has 0 radical (unpaired) electrons. The number of para-hydroxylation sites is 1. The third-order valence-electron chi connectivity index (χ3n) is 4.52. The van der Waals surface area contributed by atoms with Crippen molar-refractivity contribution in [2.24, 2.45) is 0 Å². The summed E-state index contributed by atoms with van der Waals surface area (Å²) < 4.78 is 0. The van der Waals surface area contributed by atoms with Crippen LogP contribution in [0.1, 0.15) is 28.8 Å². The number of non-ortho nitro benzene ring substituents is 1. The predicted octanol–water partition coefficient (Wildman–Crippen LogP) is 3.47.